The van der Waals surface area contributed by atoms with Crippen molar-refractivity contribution >= 4 is 11.7 Å². The van der Waals surface area contributed by atoms with Crippen molar-refractivity contribution in [3.63, 3.8) is 0 Å². The smallest absolute Gasteiger partial charge is 0.319 e. The molecule has 4 rings (SSSR count). The quantitative estimate of drug-likeness (QED) is 0.716. The van der Waals surface area contributed by atoms with Crippen LogP contribution in [-0.2, 0) is 6.54 Å². The first-order valence-electron chi connectivity index (χ1n) is 8.98. The van der Waals surface area contributed by atoms with Crippen LogP contribution in [0.4, 0.5) is 10.5 Å². The molecular weight excluding hydrogens is 342 g/mol. The largest absolute Gasteiger partial charge is 0.334 e. The molecule has 2 aromatic heterocycles. The maximum atomic E-state index is 12.4. The molecule has 0 atom stereocenters. The molecular formula is C20H21N5O2. The predicted octanol–water partition coefficient (Wildman–Crippen LogP) is 3.95. The maximum absolute atomic E-state index is 12.4. The van der Waals surface area contributed by atoms with E-state index in [0.29, 0.717) is 24.0 Å². The first kappa shape index (κ1) is 17.2. The van der Waals surface area contributed by atoms with Gasteiger partial charge in [0.25, 0.3) is 5.89 Å². The predicted molar refractivity (Wildman–Crippen MR) is 101 cm³/mol. The van der Waals surface area contributed by atoms with Crippen molar-refractivity contribution in [1.82, 2.24) is 20.4 Å². The van der Waals surface area contributed by atoms with Gasteiger partial charge in [-0.2, -0.15) is 4.98 Å². The highest BCUT2D eigenvalue weighted by atomic mass is 16.5. The Bertz CT molecular complexity index is 978. The van der Waals surface area contributed by atoms with Crippen molar-refractivity contribution in [2.45, 2.75) is 39.2 Å². The van der Waals surface area contributed by atoms with Gasteiger partial charge in [0, 0.05) is 24.9 Å². The zero-order valence-electron chi connectivity index (χ0n) is 15.3. The molecule has 3 aromatic rings. The summed E-state index contributed by atoms with van der Waals surface area (Å²) in [7, 11) is 0. The van der Waals surface area contributed by atoms with E-state index in [-0.39, 0.29) is 6.03 Å². The second-order valence-electron chi connectivity index (χ2n) is 6.96. The van der Waals surface area contributed by atoms with Crippen LogP contribution in [0, 0.1) is 13.8 Å². The highest BCUT2D eigenvalue weighted by molar-refractivity contribution is 5.93. The van der Waals surface area contributed by atoms with Crippen LogP contribution in [0.15, 0.2) is 41.2 Å². The average molecular weight is 363 g/mol. The number of benzene rings is 1. The molecule has 7 heteroatoms. The highest BCUT2D eigenvalue weighted by Crippen LogP contribution is 2.39. The van der Waals surface area contributed by atoms with Crippen molar-refractivity contribution in [1.29, 1.82) is 0 Å². The average Bonchev–Trinajstić information content (AvgIpc) is 3.39. The monoisotopic (exact) mass is 363 g/mol. The van der Waals surface area contributed by atoms with Gasteiger partial charge in [-0.3, -0.25) is 4.98 Å². The SMILES string of the molecule is Cc1cncc(CNC(=O)Nc2ccc(C)cc2-c2nc(C3CC3)no2)c1. The van der Waals surface area contributed by atoms with E-state index in [1.807, 2.05) is 38.1 Å². The molecule has 27 heavy (non-hydrogen) atoms. The van der Waals surface area contributed by atoms with Crippen LogP contribution in [-0.4, -0.2) is 21.2 Å². The summed E-state index contributed by atoms with van der Waals surface area (Å²) in [5.41, 5.74) is 4.40. The van der Waals surface area contributed by atoms with Crippen molar-refractivity contribution in [3.05, 3.63) is 59.2 Å². The standard InChI is InChI=1S/C20H21N5O2/c1-12-3-6-17(16(8-12)19-24-18(25-27-19)15-4-5-15)23-20(26)22-11-14-7-13(2)9-21-10-14/h3,6-10,15H,4-5,11H2,1-2H3,(H2,22,23,26). The van der Waals surface area contributed by atoms with Crippen LogP contribution < -0.4 is 10.6 Å². The van der Waals surface area contributed by atoms with Crippen LogP contribution in [0.3, 0.4) is 0 Å². The third-order valence-electron chi connectivity index (χ3n) is 4.42. The zero-order valence-corrected chi connectivity index (χ0v) is 15.3. The normalized spacial score (nSPS) is 13.4. The number of hydrogen-bond acceptors (Lipinski definition) is 5. The Hall–Kier alpha value is -3.22. The number of carbonyl (C=O) groups is 1. The molecule has 2 N–H and O–H groups in total. The second-order valence-corrected chi connectivity index (χ2v) is 6.96. The molecule has 0 aliphatic heterocycles. The van der Waals surface area contributed by atoms with Gasteiger partial charge in [0.15, 0.2) is 5.82 Å². The number of nitrogens with one attached hydrogen (secondary N) is 2. The van der Waals surface area contributed by atoms with E-state index in [0.717, 1.165) is 40.9 Å². The Balaban J connectivity index is 1.48. The van der Waals surface area contributed by atoms with Crippen LogP contribution in [0.1, 0.15) is 41.3 Å². The Labute approximate surface area is 157 Å². The van der Waals surface area contributed by atoms with E-state index in [4.69, 9.17) is 4.52 Å². The lowest BCUT2D eigenvalue weighted by molar-refractivity contribution is 0.251. The third kappa shape index (κ3) is 4.13. The fraction of sp³-hybridized carbons (Fsp3) is 0.300. The lowest BCUT2D eigenvalue weighted by Crippen LogP contribution is -2.28. The highest BCUT2D eigenvalue weighted by Gasteiger charge is 2.29. The number of aromatic nitrogens is 3. The van der Waals surface area contributed by atoms with Crippen molar-refractivity contribution < 1.29 is 9.32 Å². The first-order valence-corrected chi connectivity index (χ1v) is 8.98. The third-order valence-corrected chi connectivity index (χ3v) is 4.42. The number of urea groups is 1. The van der Waals surface area contributed by atoms with Gasteiger partial charge in [-0.15, -0.1) is 0 Å². The molecule has 1 aromatic carbocycles. The molecule has 1 aliphatic carbocycles. The summed E-state index contributed by atoms with van der Waals surface area (Å²) in [5.74, 6) is 1.59. The molecule has 1 aliphatic rings. The Morgan fingerprint density at radius 1 is 1.19 bits per heavy atom. The van der Waals surface area contributed by atoms with Gasteiger partial charge in [-0.1, -0.05) is 22.9 Å². The van der Waals surface area contributed by atoms with Crippen LogP contribution in [0.5, 0.6) is 0 Å². The van der Waals surface area contributed by atoms with E-state index in [9.17, 15) is 4.79 Å². The van der Waals surface area contributed by atoms with Gasteiger partial charge < -0.3 is 15.2 Å². The molecule has 1 fully saturated rings. The van der Waals surface area contributed by atoms with Crippen molar-refractivity contribution in [2.75, 3.05) is 5.32 Å². The molecule has 138 valence electrons. The summed E-state index contributed by atoms with van der Waals surface area (Å²) in [6.07, 6.45) is 5.73. The molecule has 0 spiro atoms. The Morgan fingerprint density at radius 2 is 2.04 bits per heavy atom. The van der Waals surface area contributed by atoms with Gasteiger partial charge in [-0.05, 0) is 49.9 Å². The van der Waals surface area contributed by atoms with E-state index in [1.54, 1.807) is 12.4 Å². The second kappa shape index (κ2) is 7.19. The minimum Gasteiger partial charge on any atom is -0.334 e. The summed E-state index contributed by atoms with van der Waals surface area (Å²) < 4.78 is 5.43. The molecule has 7 nitrogen and oxygen atoms in total. The number of amides is 2. The summed E-state index contributed by atoms with van der Waals surface area (Å²) in [5, 5.41) is 9.79. The van der Waals surface area contributed by atoms with Crippen molar-refractivity contribution in [3.8, 4) is 11.5 Å². The van der Waals surface area contributed by atoms with E-state index in [2.05, 4.69) is 25.8 Å². The minimum absolute atomic E-state index is 0.302. The van der Waals surface area contributed by atoms with Gasteiger partial charge in [0.2, 0.25) is 0 Å². The Morgan fingerprint density at radius 3 is 2.81 bits per heavy atom. The zero-order chi connectivity index (χ0) is 18.8. The van der Waals surface area contributed by atoms with Gasteiger partial charge in [0.1, 0.15) is 0 Å². The molecule has 0 radical (unpaired) electrons. The van der Waals surface area contributed by atoms with Gasteiger partial charge >= 0.3 is 6.03 Å². The lowest BCUT2D eigenvalue weighted by Gasteiger charge is -2.11. The van der Waals surface area contributed by atoms with Crippen molar-refractivity contribution in [2.24, 2.45) is 0 Å². The van der Waals surface area contributed by atoms with Crippen LogP contribution >= 0.6 is 0 Å². The number of anilines is 1. The molecule has 0 saturated heterocycles. The summed E-state index contributed by atoms with van der Waals surface area (Å²) in [4.78, 5) is 21.0. The molecule has 2 heterocycles. The van der Waals surface area contributed by atoms with E-state index < -0.39 is 0 Å². The molecule has 0 bridgehead atoms. The number of hydrogen-bond donors (Lipinski definition) is 2. The van der Waals surface area contributed by atoms with E-state index in [1.165, 1.54) is 0 Å². The number of nitrogens with zero attached hydrogens (tertiary/aromatic N) is 3. The topological polar surface area (TPSA) is 92.9 Å². The molecule has 2 amide bonds. The number of aryl methyl sites for hydroxylation is 2. The fourth-order valence-electron chi connectivity index (χ4n) is 2.86. The number of rotatable bonds is 5. The Kier molecular flexibility index (Phi) is 4.58. The fourth-order valence-corrected chi connectivity index (χ4v) is 2.86. The van der Waals surface area contributed by atoms with Gasteiger partial charge in [0.05, 0.1) is 11.3 Å². The van der Waals surface area contributed by atoms with Gasteiger partial charge in [-0.25, -0.2) is 4.79 Å². The minimum atomic E-state index is -0.302. The summed E-state index contributed by atoms with van der Waals surface area (Å²) in [6, 6.07) is 7.40. The van der Waals surface area contributed by atoms with Crippen LogP contribution in [0.25, 0.3) is 11.5 Å². The molecule has 0 unspecified atom stereocenters. The maximum Gasteiger partial charge on any atom is 0.319 e. The lowest BCUT2D eigenvalue weighted by atomic mass is 10.1. The van der Waals surface area contributed by atoms with Crippen LogP contribution in [0.2, 0.25) is 0 Å². The van der Waals surface area contributed by atoms with E-state index >= 15 is 0 Å². The first-order chi connectivity index (χ1) is 13.1. The molecule has 1 saturated carbocycles. The number of pyridine rings is 1. The number of carbonyl (C=O) groups excluding carboxylic acids is 1. The summed E-state index contributed by atoms with van der Waals surface area (Å²) in [6.45, 7) is 4.35. The summed E-state index contributed by atoms with van der Waals surface area (Å²) >= 11 is 0.